The Kier molecular flexibility index (Phi) is 5.61. The van der Waals surface area contributed by atoms with Crippen LogP contribution in [0.15, 0.2) is 59.2 Å². The van der Waals surface area contributed by atoms with Gasteiger partial charge in [-0.1, -0.05) is 67.0 Å². The van der Waals surface area contributed by atoms with E-state index in [1.807, 2.05) is 54.6 Å². The fourth-order valence-corrected chi connectivity index (χ4v) is 2.65. The van der Waals surface area contributed by atoms with E-state index in [1.165, 1.54) is 0 Å². The topological polar surface area (TPSA) is 41.1 Å². The molecule has 0 saturated heterocycles. The van der Waals surface area contributed by atoms with Gasteiger partial charge in [0.25, 0.3) is 0 Å². The van der Waals surface area contributed by atoms with E-state index in [0.29, 0.717) is 0 Å². The molecule has 0 aromatic heterocycles. The van der Waals surface area contributed by atoms with Crippen molar-refractivity contribution in [1.82, 2.24) is 5.32 Å². The van der Waals surface area contributed by atoms with Crippen LogP contribution in [0.2, 0.25) is 0 Å². The minimum absolute atomic E-state index is 0.0317. The molecule has 23 heavy (non-hydrogen) atoms. The van der Waals surface area contributed by atoms with Crippen molar-refractivity contribution in [2.75, 3.05) is 5.32 Å². The van der Waals surface area contributed by atoms with Crippen molar-refractivity contribution in [3.63, 3.8) is 0 Å². The number of amides is 2. The second-order valence-corrected chi connectivity index (χ2v) is 7.20. The number of carbonyl (C=O) groups excluding carboxylic acids is 1. The van der Waals surface area contributed by atoms with E-state index in [2.05, 4.69) is 47.3 Å². The van der Waals surface area contributed by atoms with Gasteiger partial charge in [-0.05, 0) is 40.8 Å². The van der Waals surface area contributed by atoms with E-state index in [1.54, 1.807) is 6.20 Å². The molecule has 0 fully saturated rings. The summed E-state index contributed by atoms with van der Waals surface area (Å²) in [6.45, 7) is 6.37. The second-order valence-electron chi connectivity index (χ2n) is 6.28. The summed E-state index contributed by atoms with van der Waals surface area (Å²) in [4.78, 5) is 12.1. The van der Waals surface area contributed by atoms with Crippen LogP contribution in [0.3, 0.4) is 0 Å². The zero-order valence-corrected chi connectivity index (χ0v) is 15.1. The monoisotopic (exact) mass is 372 g/mol. The minimum atomic E-state index is -0.257. The standard InChI is InChI=1S/C19H21BrN2O/c1-19(2,3)16-9-4-5-10-17(16)22-18(23)21-12-11-14-7-6-8-15(20)13-14/h4-13H,1-3H3,(H2,21,22,23)/b12-11+. The molecule has 0 heterocycles. The summed E-state index contributed by atoms with van der Waals surface area (Å²) >= 11 is 3.42. The van der Waals surface area contributed by atoms with Crippen LogP contribution in [-0.2, 0) is 5.41 Å². The number of hydrogen-bond donors (Lipinski definition) is 2. The van der Waals surface area contributed by atoms with Gasteiger partial charge in [0.05, 0.1) is 0 Å². The molecule has 0 aliphatic rings. The fraction of sp³-hybridized carbons (Fsp3) is 0.211. The number of benzene rings is 2. The van der Waals surface area contributed by atoms with E-state index in [4.69, 9.17) is 0 Å². The molecule has 4 heteroatoms. The van der Waals surface area contributed by atoms with Gasteiger partial charge in [-0.25, -0.2) is 4.79 Å². The normalized spacial score (nSPS) is 11.5. The van der Waals surface area contributed by atoms with Crippen molar-refractivity contribution in [3.05, 3.63) is 70.3 Å². The lowest BCUT2D eigenvalue weighted by Gasteiger charge is -2.22. The van der Waals surface area contributed by atoms with Crippen LogP contribution in [0.25, 0.3) is 6.08 Å². The first-order chi connectivity index (χ1) is 10.9. The molecule has 0 atom stereocenters. The zero-order chi connectivity index (χ0) is 16.9. The summed E-state index contributed by atoms with van der Waals surface area (Å²) in [5, 5.41) is 5.64. The number of halogens is 1. The van der Waals surface area contributed by atoms with Crippen LogP contribution in [0, 0.1) is 0 Å². The summed E-state index contributed by atoms with van der Waals surface area (Å²) < 4.78 is 1.00. The molecule has 0 spiro atoms. The number of urea groups is 1. The molecule has 2 aromatic rings. The summed E-state index contributed by atoms with van der Waals surface area (Å²) in [6.07, 6.45) is 3.48. The molecule has 0 unspecified atom stereocenters. The SMILES string of the molecule is CC(C)(C)c1ccccc1NC(=O)N/C=C/c1cccc(Br)c1. The Morgan fingerprint density at radius 3 is 2.52 bits per heavy atom. The maximum Gasteiger partial charge on any atom is 0.323 e. The molecule has 2 rings (SSSR count). The largest absolute Gasteiger partial charge is 0.323 e. The number of rotatable bonds is 3. The van der Waals surface area contributed by atoms with Gasteiger partial charge in [0.2, 0.25) is 0 Å². The van der Waals surface area contributed by atoms with Crippen molar-refractivity contribution in [1.29, 1.82) is 0 Å². The third-order valence-corrected chi connectivity index (χ3v) is 3.82. The Morgan fingerprint density at radius 2 is 1.83 bits per heavy atom. The van der Waals surface area contributed by atoms with E-state index < -0.39 is 0 Å². The molecular formula is C19H21BrN2O. The molecular weight excluding hydrogens is 352 g/mol. The second kappa shape index (κ2) is 7.47. The summed E-state index contributed by atoms with van der Waals surface area (Å²) in [7, 11) is 0. The molecule has 3 nitrogen and oxygen atoms in total. The van der Waals surface area contributed by atoms with Crippen molar-refractivity contribution < 1.29 is 4.79 Å². The molecule has 0 aliphatic carbocycles. The zero-order valence-electron chi connectivity index (χ0n) is 13.6. The van der Waals surface area contributed by atoms with E-state index in [9.17, 15) is 4.79 Å². The Morgan fingerprint density at radius 1 is 1.09 bits per heavy atom. The number of anilines is 1. The van der Waals surface area contributed by atoms with Crippen molar-refractivity contribution in [2.24, 2.45) is 0 Å². The molecule has 2 aromatic carbocycles. The molecule has 120 valence electrons. The number of nitrogens with one attached hydrogen (secondary N) is 2. The fourth-order valence-electron chi connectivity index (χ4n) is 2.23. The molecule has 0 saturated carbocycles. The lowest BCUT2D eigenvalue weighted by atomic mass is 9.86. The minimum Gasteiger partial charge on any atom is -0.314 e. The van der Waals surface area contributed by atoms with Gasteiger partial charge in [-0.15, -0.1) is 0 Å². The predicted molar refractivity (Wildman–Crippen MR) is 100 cm³/mol. The first kappa shape index (κ1) is 17.3. The van der Waals surface area contributed by atoms with Crippen molar-refractivity contribution in [3.8, 4) is 0 Å². The summed E-state index contributed by atoms with van der Waals surface area (Å²) in [5.41, 5.74) is 2.91. The highest BCUT2D eigenvalue weighted by Crippen LogP contribution is 2.29. The van der Waals surface area contributed by atoms with Gasteiger partial charge >= 0.3 is 6.03 Å². The third kappa shape index (κ3) is 5.25. The Bertz CT molecular complexity index is 717. The maximum absolute atomic E-state index is 12.1. The van der Waals surface area contributed by atoms with Crippen LogP contribution in [0.5, 0.6) is 0 Å². The van der Waals surface area contributed by atoms with E-state index >= 15 is 0 Å². The average Bonchev–Trinajstić information content (AvgIpc) is 2.47. The van der Waals surface area contributed by atoms with Gasteiger partial charge in [0.15, 0.2) is 0 Å². The first-order valence-corrected chi connectivity index (χ1v) is 8.25. The lowest BCUT2D eigenvalue weighted by Crippen LogP contribution is -2.26. The van der Waals surface area contributed by atoms with Crippen LogP contribution in [0.1, 0.15) is 31.9 Å². The number of carbonyl (C=O) groups is 1. The highest BCUT2D eigenvalue weighted by molar-refractivity contribution is 9.10. The van der Waals surface area contributed by atoms with Gasteiger partial charge in [-0.2, -0.15) is 0 Å². The lowest BCUT2D eigenvalue weighted by molar-refractivity contribution is 0.255. The molecule has 0 aliphatic heterocycles. The Balaban J connectivity index is 2.01. The van der Waals surface area contributed by atoms with E-state index in [0.717, 1.165) is 21.3 Å². The molecule has 0 radical (unpaired) electrons. The van der Waals surface area contributed by atoms with E-state index in [-0.39, 0.29) is 11.4 Å². The van der Waals surface area contributed by atoms with Crippen LogP contribution >= 0.6 is 15.9 Å². The maximum atomic E-state index is 12.1. The average molecular weight is 373 g/mol. The summed E-state index contributed by atoms with van der Waals surface area (Å²) in [5.74, 6) is 0. The summed E-state index contributed by atoms with van der Waals surface area (Å²) in [6, 6.07) is 15.4. The number of hydrogen-bond acceptors (Lipinski definition) is 1. The molecule has 0 bridgehead atoms. The number of para-hydroxylation sites is 1. The predicted octanol–water partition coefficient (Wildman–Crippen LogP) is 5.54. The van der Waals surface area contributed by atoms with Gasteiger partial charge in [0.1, 0.15) is 0 Å². The first-order valence-electron chi connectivity index (χ1n) is 7.45. The molecule has 2 amide bonds. The highest BCUT2D eigenvalue weighted by atomic mass is 79.9. The quantitative estimate of drug-likeness (QED) is 0.729. The molecule has 2 N–H and O–H groups in total. The van der Waals surface area contributed by atoms with Crippen molar-refractivity contribution >= 4 is 33.7 Å². The van der Waals surface area contributed by atoms with Gasteiger partial charge in [0, 0.05) is 16.4 Å². The van der Waals surface area contributed by atoms with Crippen LogP contribution < -0.4 is 10.6 Å². The van der Waals surface area contributed by atoms with Gasteiger partial charge < -0.3 is 10.6 Å². The third-order valence-electron chi connectivity index (χ3n) is 3.32. The van der Waals surface area contributed by atoms with Crippen LogP contribution in [0.4, 0.5) is 10.5 Å². The Labute approximate surface area is 145 Å². The van der Waals surface area contributed by atoms with Crippen LogP contribution in [-0.4, -0.2) is 6.03 Å². The smallest absolute Gasteiger partial charge is 0.314 e. The highest BCUT2D eigenvalue weighted by Gasteiger charge is 2.18. The van der Waals surface area contributed by atoms with Gasteiger partial charge in [-0.3, -0.25) is 0 Å². The van der Waals surface area contributed by atoms with Crippen molar-refractivity contribution in [2.45, 2.75) is 26.2 Å². The Hall–Kier alpha value is -2.07.